The number of amides is 2. The first-order valence-corrected chi connectivity index (χ1v) is 16.6. The number of anilines is 1. The molecule has 1 saturated heterocycles. The van der Waals surface area contributed by atoms with Gasteiger partial charge < -0.3 is 9.84 Å². The fraction of sp³-hybridized carbons (Fsp3) is 0.189. The number of alkyl halides is 3. The number of imide groups is 1. The van der Waals surface area contributed by atoms with Gasteiger partial charge in [0.15, 0.2) is 0 Å². The van der Waals surface area contributed by atoms with Gasteiger partial charge in [0.1, 0.15) is 17.3 Å². The van der Waals surface area contributed by atoms with Crippen LogP contribution >= 0.6 is 11.6 Å². The van der Waals surface area contributed by atoms with Gasteiger partial charge in [0.2, 0.25) is 0 Å². The third kappa shape index (κ3) is 5.33. The molecular weight excluding hydrogens is 722 g/mol. The lowest BCUT2D eigenvalue weighted by Gasteiger charge is -2.49. The number of carbonyl (C=O) groups is 2. The Labute approximate surface area is 301 Å². The summed E-state index contributed by atoms with van der Waals surface area (Å²) in [5.41, 5.74) is 0.102. The van der Waals surface area contributed by atoms with E-state index < -0.39 is 70.2 Å². The van der Waals surface area contributed by atoms with Crippen LogP contribution in [0.15, 0.2) is 118 Å². The molecule has 1 aliphatic carbocycles. The molecule has 2 N–H and O–H groups in total. The van der Waals surface area contributed by atoms with Gasteiger partial charge in [-0.25, -0.2) is 27.9 Å². The van der Waals surface area contributed by atoms with Crippen LogP contribution in [-0.2, 0) is 21.5 Å². The van der Waals surface area contributed by atoms with Gasteiger partial charge in [-0.3, -0.25) is 15.0 Å². The third-order valence-electron chi connectivity index (χ3n) is 10.1. The molecule has 5 aromatic rings. The lowest BCUT2D eigenvalue weighted by Crippen LogP contribution is -2.53. The molecule has 4 aromatic carbocycles. The number of benzene rings is 4. The summed E-state index contributed by atoms with van der Waals surface area (Å²) in [4.78, 5) is 57.8. The molecule has 2 fully saturated rings. The lowest BCUT2D eigenvalue weighted by molar-refractivity contribution is -0.274. The quantitative estimate of drug-likeness (QED) is 0.127. The number of hydrogen-bond donors (Lipinski definition) is 2. The van der Waals surface area contributed by atoms with Crippen LogP contribution in [0.25, 0.3) is 5.69 Å². The Balaban J connectivity index is 1.40. The zero-order valence-corrected chi connectivity index (χ0v) is 27.9. The smallest absolute Gasteiger partial charge is 0.508 e. The van der Waals surface area contributed by atoms with E-state index >= 15 is 4.79 Å². The predicted molar refractivity (Wildman–Crippen MR) is 182 cm³/mol. The molecule has 0 spiro atoms. The number of nitrogens with one attached hydrogen (secondary N) is 1. The van der Waals surface area contributed by atoms with Crippen LogP contribution in [0.2, 0.25) is 5.02 Å². The van der Waals surface area contributed by atoms with Gasteiger partial charge in [-0.1, -0.05) is 48.0 Å². The second kappa shape index (κ2) is 12.3. The Morgan fingerprint density at radius 2 is 1.58 bits per heavy atom. The second-order valence-electron chi connectivity index (χ2n) is 12.8. The minimum Gasteiger partial charge on any atom is -0.508 e. The summed E-state index contributed by atoms with van der Waals surface area (Å²) < 4.78 is 62.0. The van der Waals surface area contributed by atoms with Crippen molar-refractivity contribution in [3.8, 4) is 17.2 Å². The molecule has 4 unspecified atom stereocenters. The molecule has 1 saturated carbocycles. The summed E-state index contributed by atoms with van der Waals surface area (Å²) in [5, 5.41) is 12.5. The normalized spacial score (nSPS) is 22.2. The summed E-state index contributed by atoms with van der Waals surface area (Å²) in [7, 11) is 0. The average Bonchev–Trinajstić information content (AvgIpc) is 3.51. The molecule has 2 amide bonds. The summed E-state index contributed by atoms with van der Waals surface area (Å²) in [6.07, 6.45) is -3.76. The predicted octanol–water partition coefficient (Wildman–Crippen LogP) is 5.82. The van der Waals surface area contributed by atoms with Crippen molar-refractivity contribution >= 4 is 29.1 Å². The van der Waals surface area contributed by atoms with Crippen LogP contribution in [0.1, 0.15) is 29.5 Å². The number of carbonyl (C=O) groups excluding carboxylic acids is 2. The number of fused-ring (bicyclic) bond motifs is 4. The summed E-state index contributed by atoms with van der Waals surface area (Å²) in [5.74, 6) is -6.22. The molecule has 8 rings (SSSR count). The van der Waals surface area contributed by atoms with Gasteiger partial charge >= 0.3 is 17.7 Å². The Morgan fingerprint density at radius 1 is 0.887 bits per heavy atom. The van der Waals surface area contributed by atoms with Crippen LogP contribution in [0, 0.1) is 11.7 Å². The van der Waals surface area contributed by atoms with E-state index in [-0.39, 0.29) is 46.1 Å². The number of aromatic nitrogens is 3. The highest BCUT2D eigenvalue weighted by atomic mass is 35.5. The van der Waals surface area contributed by atoms with E-state index in [0.29, 0.717) is 0 Å². The molecule has 4 atom stereocenters. The first kappa shape index (κ1) is 34.0. The molecule has 1 aromatic heterocycles. The Bertz CT molecular complexity index is 2440. The minimum atomic E-state index is -5.12. The van der Waals surface area contributed by atoms with Gasteiger partial charge in [-0.05, 0) is 84.3 Å². The highest BCUT2D eigenvalue weighted by molar-refractivity contribution is 6.30. The maximum atomic E-state index is 15.2. The standard InChI is InChI=1S/C37H26ClF4N5O6/c38-21-8-6-20(7-9-21)36-28(32(49)46(33(36)50)43-23-12-10-22(39)11-13-23)19-29-26(31(36)27-18-25(14-15-30(27)48)53-37(40,41)42)16-17-44-34(51)45(35(52)47(29)44)24-4-2-1-3-5-24/h1-16,18,28-29,31,43,48H,17,19H2. The van der Waals surface area contributed by atoms with E-state index in [2.05, 4.69) is 10.2 Å². The first-order chi connectivity index (χ1) is 25.3. The fourth-order valence-corrected chi connectivity index (χ4v) is 8.15. The molecule has 11 nitrogen and oxygen atoms in total. The Morgan fingerprint density at radius 3 is 2.26 bits per heavy atom. The van der Waals surface area contributed by atoms with Crippen LogP contribution in [0.5, 0.6) is 11.5 Å². The third-order valence-corrected chi connectivity index (χ3v) is 10.3. The van der Waals surface area contributed by atoms with Crippen molar-refractivity contribution in [3.63, 3.8) is 0 Å². The van der Waals surface area contributed by atoms with Crippen LogP contribution in [-0.4, -0.2) is 42.2 Å². The van der Waals surface area contributed by atoms with E-state index in [1.807, 2.05) is 0 Å². The largest absolute Gasteiger partial charge is 0.573 e. The van der Waals surface area contributed by atoms with Gasteiger partial charge in [0.25, 0.3) is 11.8 Å². The molecule has 3 aliphatic rings. The van der Waals surface area contributed by atoms with Gasteiger partial charge in [-0.2, -0.15) is 5.01 Å². The number of aromatic hydroxyl groups is 1. The number of hydrogen-bond acceptors (Lipinski definition) is 7. The number of para-hydroxylation sites is 1. The molecule has 16 heteroatoms. The summed E-state index contributed by atoms with van der Waals surface area (Å²) in [6, 6.07) is 20.7. The van der Waals surface area contributed by atoms with Crippen molar-refractivity contribution < 1.29 is 37.0 Å². The number of allylic oxidation sites excluding steroid dienone is 2. The minimum absolute atomic E-state index is 0.166. The maximum Gasteiger partial charge on any atom is 0.573 e. The number of halogens is 5. The molecule has 0 radical (unpaired) electrons. The van der Waals surface area contributed by atoms with E-state index in [1.165, 1.54) is 45.8 Å². The average molecular weight is 748 g/mol. The Hall–Kier alpha value is -6.09. The number of hydrazine groups is 1. The van der Waals surface area contributed by atoms with Gasteiger partial charge in [0, 0.05) is 16.5 Å². The van der Waals surface area contributed by atoms with Crippen molar-refractivity contribution in [2.45, 2.75) is 36.7 Å². The highest BCUT2D eigenvalue weighted by Gasteiger charge is 2.69. The fourth-order valence-electron chi connectivity index (χ4n) is 8.02. The zero-order valence-electron chi connectivity index (χ0n) is 27.1. The van der Waals surface area contributed by atoms with Crippen molar-refractivity contribution in [2.75, 3.05) is 5.43 Å². The van der Waals surface area contributed by atoms with Crippen molar-refractivity contribution in [3.05, 3.63) is 152 Å². The number of phenols is 1. The molecule has 0 bridgehead atoms. The van der Waals surface area contributed by atoms with Gasteiger partial charge in [0.05, 0.1) is 35.3 Å². The van der Waals surface area contributed by atoms with Crippen molar-refractivity contribution in [1.29, 1.82) is 0 Å². The van der Waals surface area contributed by atoms with Crippen LogP contribution in [0.4, 0.5) is 23.2 Å². The molecule has 270 valence electrons. The van der Waals surface area contributed by atoms with Crippen molar-refractivity contribution in [2.24, 2.45) is 5.92 Å². The zero-order chi connectivity index (χ0) is 37.4. The van der Waals surface area contributed by atoms with E-state index in [4.69, 9.17) is 11.6 Å². The summed E-state index contributed by atoms with van der Waals surface area (Å²) in [6.45, 7) is -0.198. The highest BCUT2D eigenvalue weighted by Crippen LogP contribution is 2.63. The summed E-state index contributed by atoms with van der Waals surface area (Å²) >= 11 is 6.27. The SMILES string of the molecule is O=C1C2CC3C(=CCn4c(=O)n(-c5ccccc5)c(=O)n43)C(c3cc(OC(F)(F)F)ccc3O)C2(c2ccc(Cl)cc2)C(=O)N1Nc1ccc(F)cc1. The van der Waals surface area contributed by atoms with E-state index in [1.54, 1.807) is 36.4 Å². The Kier molecular flexibility index (Phi) is 7.87. The topological polar surface area (TPSA) is 128 Å². The van der Waals surface area contributed by atoms with Gasteiger partial charge in [-0.15, -0.1) is 13.2 Å². The van der Waals surface area contributed by atoms with E-state index in [0.717, 1.165) is 39.9 Å². The molecule has 53 heavy (non-hydrogen) atoms. The monoisotopic (exact) mass is 747 g/mol. The number of phenolic OH excluding ortho intramolecular Hbond substituents is 1. The number of rotatable bonds is 6. The van der Waals surface area contributed by atoms with E-state index in [9.17, 15) is 37.1 Å². The molecule has 3 heterocycles. The number of ether oxygens (including phenoxy) is 1. The second-order valence-corrected chi connectivity index (χ2v) is 13.3. The molecule has 2 aliphatic heterocycles. The number of nitrogens with zero attached hydrogens (tertiary/aromatic N) is 4. The lowest BCUT2D eigenvalue weighted by atomic mass is 9.53. The van der Waals surface area contributed by atoms with Crippen LogP contribution in [0.3, 0.4) is 0 Å². The maximum absolute atomic E-state index is 15.2. The van der Waals surface area contributed by atoms with Crippen molar-refractivity contribution in [1.82, 2.24) is 18.9 Å². The molecular formula is C37H26ClF4N5O6. The van der Waals surface area contributed by atoms with Crippen LogP contribution < -0.4 is 21.5 Å². The first-order valence-electron chi connectivity index (χ1n) is 16.2.